The highest BCUT2D eigenvalue weighted by molar-refractivity contribution is 5.92. The average Bonchev–Trinajstić information content (AvgIpc) is 2.39. The summed E-state index contributed by atoms with van der Waals surface area (Å²) in [5, 5.41) is 2.86. The monoisotopic (exact) mass is 255 g/mol. The molecule has 0 aliphatic rings. The van der Waals surface area contributed by atoms with Crippen molar-refractivity contribution in [2.45, 2.75) is 19.9 Å². The average molecular weight is 255 g/mol. The van der Waals surface area contributed by atoms with E-state index >= 15 is 0 Å². The zero-order valence-corrected chi connectivity index (χ0v) is 10.9. The van der Waals surface area contributed by atoms with E-state index in [4.69, 9.17) is 5.73 Å². The molecule has 4 heteroatoms. The van der Waals surface area contributed by atoms with Crippen LogP contribution in [0.15, 0.2) is 42.6 Å². The Labute approximate surface area is 112 Å². The minimum Gasteiger partial charge on any atom is -0.326 e. The maximum atomic E-state index is 11.9. The van der Waals surface area contributed by atoms with Gasteiger partial charge in [-0.1, -0.05) is 24.3 Å². The molecule has 0 spiro atoms. The Kier molecular flexibility index (Phi) is 4.26. The van der Waals surface area contributed by atoms with Gasteiger partial charge in [-0.2, -0.15) is 0 Å². The molecule has 0 aliphatic heterocycles. The Morgan fingerprint density at radius 3 is 2.53 bits per heavy atom. The van der Waals surface area contributed by atoms with Crippen LogP contribution in [0.4, 0.5) is 5.69 Å². The lowest BCUT2D eigenvalue weighted by molar-refractivity contribution is -0.115. The summed E-state index contributed by atoms with van der Waals surface area (Å²) in [5.41, 5.74) is 9.22. The predicted molar refractivity (Wildman–Crippen MR) is 75.6 cm³/mol. The molecule has 2 rings (SSSR count). The molecule has 0 aliphatic carbocycles. The van der Waals surface area contributed by atoms with Crippen LogP contribution in [0.3, 0.4) is 0 Å². The number of aromatic nitrogens is 1. The molecule has 0 radical (unpaired) electrons. The number of nitrogens with two attached hydrogens (primary N) is 1. The number of nitrogens with one attached hydrogen (secondary N) is 1. The van der Waals surface area contributed by atoms with Crippen molar-refractivity contribution in [3.8, 4) is 0 Å². The van der Waals surface area contributed by atoms with E-state index in [1.165, 1.54) is 0 Å². The zero-order valence-electron chi connectivity index (χ0n) is 10.9. The number of anilines is 1. The minimum atomic E-state index is -0.0360. The molecule has 1 aromatic carbocycles. The molecule has 1 aromatic heterocycles. The van der Waals surface area contributed by atoms with E-state index in [-0.39, 0.29) is 5.91 Å². The first-order chi connectivity index (χ1) is 9.17. The molecular weight excluding hydrogens is 238 g/mol. The van der Waals surface area contributed by atoms with Crippen molar-refractivity contribution in [3.63, 3.8) is 0 Å². The van der Waals surface area contributed by atoms with Crippen LogP contribution in [-0.4, -0.2) is 10.9 Å². The molecule has 0 bridgehead atoms. The first-order valence-electron chi connectivity index (χ1n) is 6.18. The molecular formula is C15H17N3O. The van der Waals surface area contributed by atoms with E-state index in [9.17, 15) is 4.79 Å². The summed E-state index contributed by atoms with van der Waals surface area (Å²) in [6.45, 7) is 2.41. The lowest BCUT2D eigenvalue weighted by Gasteiger charge is -2.06. The summed E-state index contributed by atoms with van der Waals surface area (Å²) < 4.78 is 0. The van der Waals surface area contributed by atoms with Gasteiger partial charge in [0.05, 0.1) is 6.42 Å². The maximum Gasteiger partial charge on any atom is 0.228 e. The normalized spacial score (nSPS) is 10.2. The maximum absolute atomic E-state index is 11.9. The van der Waals surface area contributed by atoms with E-state index in [1.54, 1.807) is 12.3 Å². The van der Waals surface area contributed by atoms with Gasteiger partial charge in [0.2, 0.25) is 5.91 Å². The van der Waals surface area contributed by atoms with E-state index in [1.807, 2.05) is 37.3 Å². The van der Waals surface area contributed by atoms with Crippen LogP contribution in [0.1, 0.15) is 16.8 Å². The summed E-state index contributed by atoms with van der Waals surface area (Å²) in [4.78, 5) is 16.0. The summed E-state index contributed by atoms with van der Waals surface area (Å²) >= 11 is 0. The van der Waals surface area contributed by atoms with Gasteiger partial charge in [0.15, 0.2) is 0 Å². The molecule has 1 heterocycles. The largest absolute Gasteiger partial charge is 0.326 e. The Morgan fingerprint density at radius 1 is 1.21 bits per heavy atom. The number of carbonyl (C=O) groups is 1. The van der Waals surface area contributed by atoms with Gasteiger partial charge in [-0.05, 0) is 30.2 Å². The first-order valence-corrected chi connectivity index (χ1v) is 6.18. The Bertz CT molecular complexity index is 564. The third kappa shape index (κ3) is 3.89. The number of hydrogen-bond donors (Lipinski definition) is 2. The summed E-state index contributed by atoms with van der Waals surface area (Å²) in [6, 6.07) is 11.4. The third-order valence-corrected chi connectivity index (χ3v) is 2.80. The molecule has 98 valence electrons. The molecule has 0 saturated carbocycles. The Balaban J connectivity index is 1.97. The van der Waals surface area contributed by atoms with Gasteiger partial charge in [0.25, 0.3) is 0 Å². The smallest absolute Gasteiger partial charge is 0.228 e. The number of nitrogens with zero attached hydrogens (tertiary/aromatic N) is 1. The van der Waals surface area contributed by atoms with Gasteiger partial charge < -0.3 is 11.1 Å². The van der Waals surface area contributed by atoms with Crippen LogP contribution in [0, 0.1) is 6.92 Å². The molecule has 19 heavy (non-hydrogen) atoms. The van der Waals surface area contributed by atoms with Gasteiger partial charge in [0, 0.05) is 24.1 Å². The van der Waals surface area contributed by atoms with Gasteiger partial charge in [-0.3, -0.25) is 9.78 Å². The number of hydrogen-bond acceptors (Lipinski definition) is 3. The molecule has 2 aromatic rings. The fourth-order valence-corrected chi connectivity index (χ4v) is 1.81. The number of benzene rings is 1. The van der Waals surface area contributed by atoms with E-state index in [2.05, 4.69) is 10.3 Å². The highest BCUT2D eigenvalue weighted by atomic mass is 16.1. The standard InChI is InChI=1S/C15H17N3O/c1-11-8-14(6-7-17-11)18-15(19)9-12-2-4-13(10-16)5-3-12/h2-8H,9-10,16H2,1H3,(H,17,18,19). The fourth-order valence-electron chi connectivity index (χ4n) is 1.81. The van der Waals surface area contributed by atoms with Crippen LogP contribution >= 0.6 is 0 Å². The van der Waals surface area contributed by atoms with Crippen LogP contribution in [-0.2, 0) is 17.8 Å². The molecule has 0 fully saturated rings. The van der Waals surface area contributed by atoms with Crippen LogP contribution in [0.5, 0.6) is 0 Å². The van der Waals surface area contributed by atoms with E-state index < -0.39 is 0 Å². The number of rotatable bonds is 4. The molecule has 0 saturated heterocycles. The Hall–Kier alpha value is -2.20. The van der Waals surface area contributed by atoms with Crippen LogP contribution in [0.2, 0.25) is 0 Å². The highest BCUT2D eigenvalue weighted by Crippen LogP contribution is 2.09. The van der Waals surface area contributed by atoms with Gasteiger partial charge in [-0.15, -0.1) is 0 Å². The van der Waals surface area contributed by atoms with Crippen molar-refractivity contribution < 1.29 is 4.79 Å². The van der Waals surface area contributed by atoms with Crippen LogP contribution < -0.4 is 11.1 Å². The van der Waals surface area contributed by atoms with E-state index in [0.29, 0.717) is 13.0 Å². The van der Waals surface area contributed by atoms with Crippen molar-refractivity contribution in [1.82, 2.24) is 4.98 Å². The topological polar surface area (TPSA) is 68.0 Å². The number of pyridine rings is 1. The van der Waals surface area contributed by atoms with Crippen molar-refractivity contribution in [2.24, 2.45) is 5.73 Å². The highest BCUT2D eigenvalue weighted by Gasteiger charge is 2.04. The molecule has 1 amide bonds. The number of amides is 1. The van der Waals surface area contributed by atoms with Crippen molar-refractivity contribution in [2.75, 3.05) is 5.32 Å². The second-order valence-corrected chi connectivity index (χ2v) is 4.43. The Morgan fingerprint density at radius 2 is 1.89 bits per heavy atom. The van der Waals surface area contributed by atoms with E-state index in [0.717, 1.165) is 22.5 Å². The lowest BCUT2D eigenvalue weighted by Crippen LogP contribution is -2.14. The van der Waals surface area contributed by atoms with Crippen molar-refractivity contribution in [1.29, 1.82) is 0 Å². The SMILES string of the molecule is Cc1cc(NC(=O)Cc2ccc(CN)cc2)ccn1. The summed E-state index contributed by atoms with van der Waals surface area (Å²) in [7, 11) is 0. The van der Waals surface area contributed by atoms with Gasteiger partial charge in [0.1, 0.15) is 0 Å². The zero-order chi connectivity index (χ0) is 13.7. The second kappa shape index (κ2) is 6.11. The number of aryl methyl sites for hydroxylation is 1. The van der Waals surface area contributed by atoms with Gasteiger partial charge in [-0.25, -0.2) is 0 Å². The first kappa shape index (κ1) is 13.2. The molecule has 0 atom stereocenters. The predicted octanol–water partition coefficient (Wildman–Crippen LogP) is 2.03. The summed E-state index contributed by atoms with van der Waals surface area (Å²) in [5.74, 6) is -0.0360. The minimum absolute atomic E-state index is 0.0360. The summed E-state index contributed by atoms with van der Waals surface area (Å²) in [6.07, 6.45) is 2.03. The van der Waals surface area contributed by atoms with Crippen molar-refractivity contribution >= 4 is 11.6 Å². The quantitative estimate of drug-likeness (QED) is 0.878. The molecule has 0 unspecified atom stereocenters. The molecule has 3 N–H and O–H groups in total. The van der Waals surface area contributed by atoms with Crippen LogP contribution in [0.25, 0.3) is 0 Å². The molecule has 4 nitrogen and oxygen atoms in total. The fraction of sp³-hybridized carbons (Fsp3) is 0.200. The van der Waals surface area contributed by atoms with Crippen molar-refractivity contribution in [3.05, 3.63) is 59.4 Å². The van der Waals surface area contributed by atoms with Gasteiger partial charge >= 0.3 is 0 Å². The second-order valence-electron chi connectivity index (χ2n) is 4.43. The lowest BCUT2D eigenvalue weighted by atomic mass is 10.1. The third-order valence-electron chi connectivity index (χ3n) is 2.80. The number of carbonyl (C=O) groups excluding carboxylic acids is 1.